The lowest BCUT2D eigenvalue weighted by Gasteiger charge is -2.38. The second kappa shape index (κ2) is 20.8. The van der Waals surface area contributed by atoms with E-state index in [0.717, 1.165) is 35.5 Å². The molecule has 2 aromatic heterocycles. The number of rotatable bonds is 16. The number of alkyl carbamates (subject to hydrolysis) is 1. The summed E-state index contributed by atoms with van der Waals surface area (Å²) in [6, 6.07) is 6.80. The number of pyridine rings is 2. The van der Waals surface area contributed by atoms with Crippen LogP contribution in [0.15, 0.2) is 53.4 Å². The quantitative estimate of drug-likeness (QED) is 0.0513. The number of halogens is 1. The molecular weight excluding hydrogens is 988 g/mol. The van der Waals surface area contributed by atoms with Crippen LogP contribution in [0.5, 0.6) is 5.75 Å². The summed E-state index contributed by atoms with van der Waals surface area (Å²) in [5, 5.41) is 60.7. The summed E-state index contributed by atoms with van der Waals surface area (Å²) in [6.45, 7) is 1.79. The Bertz CT molecular complexity index is 3210. The number of hydrogen-bond acceptors (Lipinski definition) is 17. The molecule has 8 N–H and O–H groups in total. The van der Waals surface area contributed by atoms with Crippen LogP contribution in [-0.2, 0) is 74.9 Å². The average molecular weight is 1040 g/mol. The fourth-order valence-corrected chi connectivity index (χ4v) is 9.88. The van der Waals surface area contributed by atoms with Gasteiger partial charge in [0.2, 0.25) is 18.1 Å². The molecule has 1 fully saturated rings. The van der Waals surface area contributed by atoms with Crippen LogP contribution in [0.4, 0.5) is 14.9 Å². The van der Waals surface area contributed by atoms with Crippen LogP contribution in [0.3, 0.4) is 0 Å². The molecule has 6 atom stereocenters. The van der Waals surface area contributed by atoms with Gasteiger partial charge in [0.05, 0.1) is 34.7 Å². The molecule has 1 saturated heterocycles. The van der Waals surface area contributed by atoms with Gasteiger partial charge in [-0.15, -0.1) is 0 Å². The lowest BCUT2D eigenvalue weighted by molar-refractivity contribution is -0.271. The number of hydrogen-bond donors (Lipinski definition) is 8. The number of aliphatic hydroxyl groups is 4. The highest BCUT2D eigenvalue weighted by molar-refractivity contribution is 6.13. The van der Waals surface area contributed by atoms with Crippen molar-refractivity contribution in [1.82, 2.24) is 25.1 Å². The molecule has 394 valence electrons. The Morgan fingerprint density at radius 1 is 0.960 bits per heavy atom. The normalized spacial score (nSPS) is 22.5. The maximum Gasteiger partial charge on any atom is 0.407 e. The van der Waals surface area contributed by atoms with Crippen LogP contribution in [0.1, 0.15) is 84.4 Å². The average Bonchev–Trinajstić information content (AvgIpc) is 4.15. The number of carbonyl (C=O) groups excluding carboxylic acids is 6. The summed E-state index contributed by atoms with van der Waals surface area (Å²) in [5.74, 6) is -5.73. The zero-order valence-corrected chi connectivity index (χ0v) is 40.3. The molecule has 5 aliphatic rings. The monoisotopic (exact) mass is 1040 g/mol. The molecule has 2 aromatic carbocycles. The van der Waals surface area contributed by atoms with Crippen molar-refractivity contribution in [3.8, 4) is 17.1 Å². The van der Waals surface area contributed by atoms with Gasteiger partial charge in [0, 0.05) is 67.2 Å². The standard InChI is InChI=1S/C51H51FN6O17/c1-3-51(71)29-17-33-41-27(20-58(33)46(66)28(29)22-72-49(51)69)26(40-32(56-41)18-30(52)23(2)39(40)25-6-4-5-7-25)19-54-50(70)73-21-24-8-9-34(74-48-44(65)42(63)43(64)45(75-48)47(67)68)31(16-24)55-36(60)12-14-53-35(59)13-15-57-37(61)10-11-38(57)62/h6,8-11,16-18,42-45,48,63-65,71H,3-5,7,12-15,19-22H2,1-2H3,(H,53,59)(H,54,70)(H,55,60)(H,67,68)/t42-,43-,44+,45-,48+,51-/m0/s1. The zero-order chi connectivity index (χ0) is 53.6. The van der Waals surface area contributed by atoms with Crippen LogP contribution in [-0.4, -0.2) is 125 Å². The van der Waals surface area contributed by atoms with Crippen molar-refractivity contribution >= 4 is 63.8 Å². The van der Waals surface area contributed by atoms with Crippen molar-refractivity contribution in [2.45, 2.75) is 115 Å². The fourth-order valence-electron chi connectivity index (χ4n) is 9.88. The maximum absolute atomic E-state index is 15.9. The molecule has 0 bridgehead atoms. The van der Waals surface area contributed by atoms with Crippen molar-refractivity contribution in [1.29, 1.82) is 0 Å². The van der Waals surface area contributed by atoms with Crippen molar-refractivity contribution in [2.75, 3.05) is 18.4 Å². The largest absolute Gasteiger partial charge is 0.479 e. The first-order chi connectivity index (χ1) is 35.8. The first-order valence-corrected chi connectivity index (χ1v) is 24.0. The number of fused-ring (bicyclic) bond motifs is 5. The minimum Gasteiger partial charge on any atom is -0.479 e. The van der Waals surface area contributed by atoms with E-state index in [1.165, 1.54) is 34.9 Å². The minimum absolute atomic E-state index is 0.0328. The number of nitrogens with one attached hydrogen (secondary N) is 3. The molecule has 5 amide bonds. The summed E-state index contributed by atoms with van der Waals surface area (Å²) in [4.78, 5) is 108. The molecule has 6 heterocycles. The Balaban J connectivity index is 0.960. The summed E-state index contributed by atoms with van der Waals surface area (Å²) in [6.07, 6.45) is -5.10. The third-order valence-electron chi connectivity index (χ3n) is 13.9. The summed E-state index contributed by atoms with van der Waals surface area (Å²) < 4.78 is 39.2. The number of aliphatic carboxylic acids is 1. The number of amides is 5. The van der Waals surface area contributed by atoms with Crippen LogP contribution >= 0.6 is 0 Å². The smallest absolute Gasteiger partial charge is 0.407 e. The van der Waals surface area contributed by atoms with E-state index in [1.807, 2.05) is 6.08 Å². The number of carboxylic acid groups (broad SMARTS) is 1. The van der Waals surface area contributed by atoms with E-state index in [0.29, 0.717) is 34.1 Å². The van der Waals surface area contributed by atoms with Crippen LogP contribution in [0.2, 0.25) is 0 Å². The van der Waals surface area contributed by atoms with Gasteiger partial charge in [-0.05, 0) is 78.6 Å². The molecule has 4 aromatic rings. The Morgan fingerprint density at radius 2 is 1.72 bits per heavy atom. The van der Waals surface area contributed by atoms with Gasteiger partial charge in [-0.2, -0.15) is 0 Å². The van der Waals surface area contributed by atoms with Crippen LogP contribution < -0.4 is 26.2 Å². The number of allylic oxidation sites excluding steroid dienone is 2. The van der Waals surface area contributed by atoms with Crippen LogP contribution in [0, 0.1) is 12.7 Å². The maximum atomic E-state index is 15.9. The first-order valence-electron chi connectivity index (χ1n) is 24.0. The second-order valence-electron chi connectivity index (χ2n) is 18.6. The Kier molecular flexibility index (Phi) is 14.4. The number of esters is 1. The third-order valence-corrected chi connectivity index (χ3v) is 13.9. The van der Waals surface area contributed by atoms with Crippen molar-refractivity contribution < 1.29 is 82.4 Å². The van der Waals surface area contributed by atoms with Gasteiger partial charge in [-0.1, -0.05) is 19.1 Å². The lowest BCUT2D eigenvalue weighted by Crippen LogP contribution is -2.61. The number of nitrogens with zero attached hydrogens (tertiary/aromatic N) is 3. The van der Waals surface area contributed by atoms with E-state index < -0.39 is 96.0 Å². The second-order valence-corrected chi connectivity index (χ2v) is 18.6. The van der Waals surface area contributed by atoms with E-state index in [1.54, 1.807) is 13.8 Å². The number of benzene rings is 2. The number of cyclic esters (lactones) is 1. The SMILES string of the molecule is CC[C@@]1(O)C(=O)OCc2c1cc1n(c2=O)Cc2c-1nc1cc(F)c(C)c(C3=CCCC3)c1c2CNC(=O)OCc1ccc(O[C@@H]2O[C@H](C(=O)O)[C@@H](O)[C@H](O)[C@H]2O)c(NC(=O)CCNC(=O)CCN2C(=O)C=CC2=O)c1. The van der Waals surface area contributed by atoms with Gasteiger partial charge in [0.25, 0.3) is 17.4 Å². The fraction of sp³-hybridized carbons (Fsp3) is 0.392. The number of carbonyl (C=O) groups is 7. The predicted octanol–water partition coefficient (Wildman–Crippen LogP) is 1.55. The summed E-state index contributed by atoms with van der Waals surface area (Å²) in [5.41, 5.74) is 1.32. The molecule has 0 unspecified atom stereocenters. The van der Waals surface area contributed by atoms with Gasteiger partial charge in [-0.3, -0.25) is 28.9 Å². The number of anilines is 1. The van der Waals surface area contributed by atoms with E-state index >= 15 is 4.39 Å². The molecule has 1 aliphatic carbocycles. The molecule has 9 rings (SSSR count). The third kappa shape index (κ3) is 9.84. The van der Waals surface area contributed by atoms with Crippen molar-refractivity contribution in [3.05, 3.63) is 104 Å². The predicted molar refractivity (Wildman–Crippen MR) is 256 cm³/mol. The molecule has 4 aliphatic heterocycles. The molecule has 0 radical (unpaired) electrons. The molecule has 0 spiro atoms. The van der Waals surface area contributed by atoms with Gasteiger partial charge in [0.15, 0.2) is 11.7 Å². The van der Waals surface area contributed by atoms with Crippen LogP contribution in [0.25, 0.3) is 27.9 Å². The highest BCUT2D eigenvalue weighted by Gasteiger charge is 2.49. The molecule has 0 saturated carbocycles. The Hall–Kier alpha value is -7.90. The zero-order valence-electron chi connectivity index (χ0n) is 40.3. The Morgan fingerprint density at radius 3 is 2.43 bits per heavy atom. The van der Waals surface area contributed by atoms with E-state index in [-0.39, 0.29) is 97.1 Å². The summed E-state index contributed by atoms with van der Waals surface area (Å²) in [7, 11) is 0. The molecule has 24 heteroatoms. The number of aliphatic hydroxyl groups excluding tert-OH is 3. The van der Waals surface area contributed by atoms with Crippen molar-refractivity contribution in [2.24, 2.45) is 0 Å². The number of ether oxygens (including phenoxy) is 4. The van der Waals surface area contributed by atoms with E-state index in [9.17, 15) is 63.9 Å². The molecular formula is C51H51FN6O17. The topological polar surface area (TPSA) is 332 Å². The highest BCUT2D eigenvalue weighted by atomic mass is 19.1. The Labute approximate surface area is 424 Å². The first kappa shape index (κ1) is 52.0. The van der Waals surface area contributed by atoms with E-state index in [2.05, 4.69) is 16.0 Å². The number of aromatic nitrogens is 2. The molecule has 75 heavy (non-hydrogen) atoms. The number of carboxylic acids is 1. The van der Waals surface area contributed by atoms with Gasteiger partial charge in [-0.25, -0.2) is 23.8 Å². The minimum atomic E-state index is -2.10. The van der Waals surface area contributed by atoms with Crippen molar-refractivity contribution in [3.63, 3.8) is 0 Å². The van der Waals surface area contributed by atoms with Gasteiger partial charge < -0.3 is 65.0 Å². The molecule has 23 nitrogen and oxygen atoms in total. The van der Waals surface area contributed by atoms with Gasteiger partial charge in [0.1, 0.15) is 43.1 Å². The summed E-state index contributed by atoms with van der Waals surface area (Å²) >= 11 is 0. The van der Waals surface area contributed by atoms with E-state index in [4.69, 9.17) is 23.9 Å². The highest BCUT2D eigenvalue weighted by Crippen LogP contribution is 2.44. The lowest BCUT2D eigenvalue weighted by atomic mass is 9.86. The number of imide groups is 1. The van der Waals surface area contributed by atoms with Gasteiger partial charge >= 0.3 is 18.0 Å².